The molecule has 0 unspecified atom stereocenters. The van der Waals surface area contributed by atoms with Crippen LogP contribution in [0, 0.1) is 0 Å². The Morgan fingerprint density at radius 3 is 2.39 bits per heavy atom. The number of ether oxygens (including phenoxy) is 2. The summed E-state index contributed by atoms with van der Waals surface area (Å²) >= 11 is 0. The molecule has 0 saturated carbocycles. The van der Waals surface area contributed by atoms with Crippen molar-refractivity contribution < 1.29 is 24.2 Å². The molecule has 1 saturated heterocycles. The summed E-state index contributed by atoms with van der Waals surface area (Å²) in [6.45, 7) is 8.36. The molecule has 0 aliphatic carbocycles. The van der Waals surface area contributed by atoms with E-state index in [9.17, 15) is 9.59 Å². The van der Waals surface area contributed by atoms with Gasteiger partial charge in [0.15, 0.2) is 11.5 Å². The SMILES string of the molecule is CCOc1ccc(CCNC(=O)C(=O)N2CCN(CCO)CC2)cc1OCC. The van der Waals surface area contributed by atoms with E-state index in [0.717, 1.165) is 5.56 Å². The van der Waals surface area contributed by atoms with Gasteiger partial charge in [0.25, 0.3) is 0 Å². The van der Waals surface area contributed by atoms with Gasteiger partial charge in [-0.25, -0.2) is 0 Å². The van der Waals surface area contributed by atoms with Gasteiger partial charge in [-0.05, 0) is 38.0 Å². The molecule has 28 heavy (non-hydrogen) atoms. The van der Waals surface area contributed by atoms with E-state index < -0.39 is 11.8 Å². The summed E-state index contributed by atoms with van der Waals surface area (Å²) < 4.78 is 11.2. The largest absolute Gasteiger partial charge is 0.490 e. The Balaban J connectivity index is 1.80. The summed E-state index contributed by atoms with van der Waals surface area (Å²) in [5.41, 5.74) is 0.997. The van der Waals surface area contributed by atoms with Gasteiger partial charge < -0.3 is 24.8 Å². The van der Waals surface area contributed by atoms with Crippen LogP contribution in [-0.4, -0.2) is 85.8 Å². The van der Waals surface area contributed by atoms with Crippen LogP contribution in [0.15, 0.2) is 18.2 Å². The zero-order valence-corrected chi connectivity index (χ0v) is 16.8. The lowest BCUT2D eigenvalue weighted by Crippen LogP contribution is -2.53. The molecule has 0 atom stereocenters. The molecular weight excluding hydrogens is 362 g/mol. The molecule has 0 aromatic heterocycles. The van der Waals surface area contributed by atoms with Crippen molar-refractivity contribution in [3.63, 3.8) is 0 Å². The number of hydrogen-bond acceptors (Lipinski definition) is 6. The summed E-state index contributed by atoms with van der Waals surface area (Å²) in [6, 6.07) is 5.70. The Kier molecular flexibility index (Phi) is 9.03. The molecular formula is C20H31N3O5. The first-order valence-corrected chi connectivity index (χ1v) is 9.87. The Bertz CT molecular complexity index is 645. The van der Waals surface area contributed by atoms with Crippen LogP contribution < -0.4 is 14.8 Å². The zero-order chi connectivity index (χ0) is 20.4. The highest BCUT2D eigenvalue weighted by atomic mass is 16.5. The van der Waals surface area contributed by atoms with Crippen molar-refractivity contribution in [2.24, 2.45) is 0 Å². The van der Waals surface area contributed by atoms with Gasteiger partial charge in [-0.1, -0.05) is 6.07 Å². The van der Waals surface area contributed by atoms with Gasteiger partial charge >= 0.3 is 11.8 Å². The highest BCUT2D eigenvalue weighted by Gasteiger charge is 2.25. The number of benzene rings is 1. The van der Waals surface area contributed by atoms with Crippen molar-refractivity contribution in [3.8, 4) is 11.5 Å². The van der Waals surface area contributed by atoms with E-state index in [1.54, 1.807) is 4.90 Å². The van der Waals surface area contributed by atoms with Crippen molar-refractivity contribution >= 4 is 11.8 Å². The van der Waals surface area contributed by atoms with Gasteiger partial charge in [0.05, 0.1) is 19.8 Å². The van der Waals surface area contributed by atoms with Crippen LogP contribution in [0.3, 0.4) is 0 Å². The number of carbonyl (C=O) groups excluding carboxylic acids is 2. The highest BCUT2D eigenvalue weighted by Crippen LogP contribution is 2.28. The van der Waals surface area contributed by atoms with Gasteiger partial charge in [0.1, 0.15) is 0 Å². The smallest absolute Gasteiger partial charge is 0.311 e. The van der Waals surface area contributed by atoms with Crippen LogP contribution in [0.4, 0.5) is 0 Å². The second-order valence-corrected chi connectivity index (χ2v) is 6.51. The molecule has 1 aromatic carbocycles. The number of rotatable bonds is 9. The molecule has 1 aliphatic heterocycles. The number of nitrogens with one attached hydrogen (secondary N) is 1. The summed E-state index contributed by atoms with van der Waals surface area (Å²) in [7, 11) is 0. The van der Waals surface area contributed by atoms with Gasteiger partial charge in [0.2, 0.25) is 0 Å². The minimum absolute atomic E-state index is 0.102. The summed E-state index contributed by atoms with van der Waals surface area (Å²) in [6.07, 6.45) is 0.593. The minimum Gasteiger partial charge on any atom is -0.490 e. The lowest BCUT2D eigenvalue weighted by atomic mass is 10.1. The minimum atomic E-state index is -0.577. The second kappa shape index (κ2) is 11.5. The molecule has 2 rings (SSSR count). The molecule has 2 N–H and O–H groups in total. The van der Waals surface area contributed by atoms with Gasteiger partial charge in [-0.3, -0.25) is 14.5 Å². The standard InChI is InChI=1S/C20H31N3O5/c1-3-27-17-6-5-16(15-18(17)28-4-2)7-8-21-19(25)20(26)23-11-9-22(10-12-23)13-14-24/h5-6,15,24H,3-4,7-14H2,1-2H3,(H,21,25). The van der Waals surface area contributed by atoms with Gasteiger partial charge in [-0.2, -0.15) is 0 Å². The third-order valence-electron chi connectivity index (χ3n) is 4.58. The molecule has 1 aromatic rings. The van der Waals surface area contributed by atoms with Crippen molar-refractivity contribution in [2.45, 2.75) is 20.3 Å². The number of amides is 2. The second-order valence-electron chi connectivity index (χ2n) is 6.51. The van der Waals surface area contributed by atoms with Crippen molar-refractivity contribution in [2.75, 3.05) is 59.1 Å². The van der Waals surface area contributed by atoms with E-state index in [4.69, 9.17) is 14.6 Å². The number of nitrogens with zero attached hydrogens (tertiary/aromatic N) is 2. The molecule has 156 valence electrons. The Morgan fingerprint density at radius 2 is 1.75 bits per heavy atom. The number of aliphatic hydroxyl groups is 1. The highest BCUT2D eigenvalue weighted by molar-refractivity contribution is 6.35. The first kappa shape index (κ1) is 22.0. The van der Waals surface area contributed by atoms with Crippen molar-refractivity contribution in [1.82, 2.24) is 15.1 Å². The van der Waals surface area contributed by atoms with Crippen molar-refractivity contribution in [3.05, 3.63) is 23.8 Å². The first-order chi connectivity index (χ1) is 13.6. The third kappa shape index (κ3) is 6.38. The zero-order valence-electron chi connectivity index (χ0n) is 16.8. The van der Waals surface area contributed by atoms with Crippen molar-refractivity contribution in [1.29, 1.82) is 0 Å². The Morgan fingerprint density at radius 1 is 1.07 bits per heavy atom. The van der Waals surface area contributed by atoms with Crippen LogP contribution in [0.5, 0.6) is 11.5 Å². The number of β-amino-alcohol motifs (C(OH)–C–C–N with tert-alkyl or cyclic N) is 1. The van der Waals surface area contributed by atoms with Crippen LogP contribution in [0.2, 0.25) is 0 Å². The fraction of sp³-hybridized carbons (Fsp3) is 0.600. The van der Waals surface area contributed by atoms with Crippen LogP contribution >= 0.6 is 0 Å². The van der Waals surface area contributed by atoms with E-state index >= 15 is 0 Å². The number of carbonyl (C=O) groups is 2. The summed E-state index contributed by atoms with van der Waals surface area (Å²) in [5.74, 6) is 0.314. The maximum atomic E-state index is 12.3. The van der Waals surface area contributed by atoms with E-state index in [2.05, 4.69) is 10.2 Å². The van der Waals surface area contributed by atoms with Crippen LogP contribution in [0.25, 0.3) is 0 Å². The first-order valence-electron chi connectivity index (χ1n) is 9.87. The van der Waals surface area contributed by atoms with E-state index in [1.807, 2.05) is 32.0 Å². The maximum Gasteiger partial charge on any atom is 0.311 e. The lowest BCUT2D eigenvalue weighted by Gasteiger charge is -2.33. The molecule has 0 bridgehead atoms. The summed E-state index contributed by atoms with van der Waals surface area (Å²) in [5, 5.41) is 11.7. The van der Waals surface area contributed by atoms with E-state index in [1.165, 1.54) is 0 Å². The Hall–Kier alpha value is -2.32. The molecule has 0 radical (unpaired) electrons. The van der Waals surface area contributed by atoms with Crippen LogP contribution in [-0.2, 0) is 16.0 Å². The Labute approximate surface area is 166 Å². The summed E-state index contributed by atoms with van der Waals surface area (Å²) in [4.78, 5) is 28.1. The number of piperazine rings is 1. The third-order valence-corrected chi connectivity index (χ3v) is 4.58. The fourth-order valence-electron chi connectivity index (χ4n) is 3.11. The average molecular weight is 393 g/mol. The van der Waals surface area contributed by atoms with E-state index in [0.29, 0.717) is 70.4 Å². The molecule has 2 amide bonds. The maximum absolute atomic E-state index is 12.3. The van der Waals surface area contributed by atoms with Crippen LogP contribution in [0.1, 0.15) is 19.4 Å². The number of aliphatic hydroxyl groups excluding tert-OH is 1. The molecule has 1 heterocycles. The van der Waals surface area contributed by atoms with Gasteiger partial charge in [-0.15, -0.1) is 0 Å². The number of hydrogen-bond donors (Lipinski definition) is 2. The molecule has 8 heteroatoms. The monoisotopic (exact) mass is 393 g/mol. The molecule has 1 aliphatic rings. The van der Waals surface area contributed by atoms with Gasteiger partial charge in [0, 0.05) is 39.3 Å². The fourth-order valence-corrected chi connectivity index (χ4v) is 3.11. The normalized spacial score (nSPS) is 14.6. The predicted octanol–water partition coefficient (Wildman–Crippen LogP) is 0.279. The molecule has 8 nitrogen and oxygen atoms in total. The average Bonchev–Trinajstić information content (AvgIpc) is 2.70. The quantitative estimate of drug-likeness (QED) is 0.586. The topological polar surface area (TPSA) is 91.3 Å². The molecule has 1 fully saturated rings. The lowest BCUT2D eigenvalue weighted by molar-refractivity contribution is -0.147. The predicted molar refractivity (Wildman–Crippen MR) is 106 cm³/mol. The van der Waals surface area contributed by atoms with E-state index in [-0.39, 0.29) is 6.61 Å². The molecule has 0 spiro atoms.